The quantitative estimate of drug-likeness (QED) is 0.879. The standard InChI is InChI=1S/C14H16N2O3.C2H6/c1-3-19-14(18)13-7-10(2)15-16(13)12-6-4-5-11(8-12)9-17;1-2/h4-8,17H,3,9H2,1-2H3;1-2H3. The Morgan fingerprint density at radius 2 is 2.05 bits per heavy atom. The van der Waals surface area contributed by atoms with Crippen molar-refractivity contribution in [2.24, 2.45) is 0 Å². The van der Waals surface area contributed by atoms with Gasteiger partial charge in [0, 0.05) is 0 Å². The topological polar surface area (TPSA) is 64.3 Å². The summed E-state index contributed by atoms with van der Waals surface area (Å²) >= 11 is 0. The maximum atomic E-state index is 11.9. The van der Waals surface area contributed by atoms with Crippen LogP contribution in [0.3, 0.4) is 0 Å². The van der Waals surface area contributed by atoms with Crippen molar-refractivity contribution in [2.45, 2.75) is 34.3 Å². The molecule has 1 aromatic heterocycles. The van der Waals surface area contributed by atoms with Crippen LogP contribution in [0, 0.1) is 6.92 Å². The SMILES string of the molecule is CC.CCOC(=O)c1cc(C)nn1-c1cccc(CO)c1. The van der Waals surface area contributed by atoms with Gasteiger partial charge in [-0.1, -0.05) is 26.0 Å². The van der Waals surface area contributed by atoms with E-state index in [0.717, 1.165) is 16.9 Å². The molecular weight excluding hydrogens is 268 g/mol. The van der Waals surface area contributed by atoms with Gasteiger partial charge in [0.1, 0.15) is 0 Å². The Bertz CT molecular complexity index is 591. The Balaban J connectivity index is 0.00000106. The van der Waals surface area contributed by atoms with Gasteiger partial charge in [-0.05, 0) is 37.6 Å². The highest BCUT2D eigenvalue weighted by atomic mass is 16.5. The maximum absolute atomic E-state index is 11.9. The zero-order valence-corrected chi connectivity index (χ0v) is 13.0. The molecule has 1 aromatic carbocycles. The molecule has 0 saturated heterocycles. The normalized spacial score (nSPS) is 9.76. The van der Waals surface area contributed by atoms with Gasteiger partial charge in [-0.25, -0.2) is 9.48 Å². The first kappa shape index (κ1) is 16.9. The third-order valence-electron chi connectivity index (χ3n) is 2.65. The summed E-state index contributed by atoms with van der Waals surface area (Å²) < 4.78 is 6.55. The maximum Gasteiger partial charge on any atom is 0.357 e. The third-order valence-corrected chi connectivity index (χ3v) is 2.65. The molecule has 5 nitrogen and oxygen atoms in total. The minimum absolute atomic E-state index is 0.0527. The van der Waals surface area contributed by atoms with E-state index in [0.29, 0.717) is 12.3 Å². The third kappa shape index (κ3) is 4.16. The molecule has 0 aliphatic heterocycles. The lowest BCUT2D eigenvalue weighted by Crippen LogP contribution is -2.12. The minimum atomic E-state index is -0.405. The van der Waals surface area contributed by atoms with Crippen molar-refractivity contribution >= 4 is 5.97 Å². The highest BCUT2D eigenvalue weighted by molar-refractivity contribution is 5.88. The molecule has 0 atom stereocenters. The van der Waals surface area contributed by atoms with Crippen LogP contribution in [0.4, 0.5) is 0 Å². The molecule has 0 aliphatic rings. The molecule has 2 rings (SSSR count). The lowest BCUT2D eigenvalue weighted by Gasteiger charge is -2.07. The molecule has 5 heteroatoms. The number of aliphatic hydroxyl groups is 1. The van der Waals surface area contributed by atoms with Gasteiger partial charge in [-0.3, -0.25) is 0 Å². The molecule has 21 heavy (non-hydrogen) atoms. The number of benzene rings is 1. The van der Waals surface area contributed by atoms with Crippen molar-refractivity contribution in [3.05, 3.63) is 47.3 Å². The average Bonchev–Trinajstić information content (AvgIpc) is 2.92. The molecule has 0 aliphatic carbocycles. The number of rotatable bonds is 4. The van der Waals surface area contributed by atoms with Crippen LogP contribution in [0.15, 0.2) is 30.3 Å². The van der Waals surface area contributed by atoms with Gasteiger partial charge >= 0.3 is 5.97 Å². The zero-order valence-electron chi connectivity index (χ0n) is 13.0. The molecule has 1 N–H and O–H groups in total. The lowest BCUT2D eigenvalue weighted by molar-refractivity contribution is 0.0515. The summed E-state index contributed by atoms with van der Waals surface area (Å²) in [5.74, 6) is -0.405. The van der Waals surface area contributed by atoms with Crippen LogP contribution < -0.4 is 0 Å². The fraction of sp³-hybridized carbons (Fsp3) is 0.375. The zero-order chi connectivity index (χ0) is 15.8. The van der Waals surface area contributed by atoms with Crippen LogP contribution in [0.1, 0.15) is 42.5 Å². The summed E-state index contributed by atoms with van der Waals surface area (Å²) in [6.45, 7) is 7.84. The first-order valence-corrected chi connectivity index (χ1v) is 7.09. The number of carbonyl (C=O) groups excluding carboxylic acids is 1. The van der Waals surface area contributed by atoms with E-state index in [4.69, 9.17) is 9.84 Å². The van der Waals surface area contributed by atoms with Gasteiger partial charge in [0.05, 0.1) is 24.6 Å². The van der Waals surface area contributed by atoms with Gasteiger partial charge in [0.15, 0.2) is 5.69 Å². The molecule has 0 bridgehead atoms. The Labute approximate surface area is 125 Å². The minimum Gasteiger partial charge on any atom is -0.461 e. The second kappa shape index (κ2) is 8.21. The van der Waals surface area contributed by atoms with Crippen LogP contribution in [0.25, 0.3) is 5.69 Å². The number of hydrogen-bond acceptors (Lipinski definition) is 4. The highest BCUT2D eigenvalue weighted by Gasteiger charge is 2.16. The number of carbonyl (C=O) groups is 1. The number of hydrogen-bond donors (Lipinski definition) is 1. The molecule has 2 aromatic rings. The van der Waals surface area contributed by atoms with E-state index in [1.165, 1.54) is 4.68 Å². The first-order valence-electron chi connectivity index (χ1n) is 7.09. The van der Waals surface area contributed by atoms with Crippen molar-refractivity contribution in [3.8, 4) is 5.69 Å². The molecule has 0 fully saturated rings. The molecule has 0 amide bonds. The summed E-state index contributed by atoms with van der Waals surface area (Å²) in [5, 5.41) is 13.4. The van der Waals surface area contributed by atoms with Gasteiger partial charge in [0.25, 0.3) is 0 Å². The Morgan fingerprint density at radius 1 is 1.33 bits per heavy atom. The molecule has 0 spiro atoms. The van der Waals surface area contributed by atoms with Crippen molar-refractivity contribution in [3.63, 3.8) is 0 Å². The fourth-order valence-corrected chi connectivity index (χ4v) is 1.83. The number of nitrogens with zero attached hydrogens (tertiary/aromatic N) is 2. The largest absolute Gasteiger partial charge is 0.461 e. The van der Waals surface area contributed by atoms with Gasteiger partial charge in [-0.2, -0.15) is 5.10 Å². The number of esters is 1. The van der Waals surface area contributed by atoms with Crippen molar-refractivity contribution < 1.29 is 14.6 Å². The van der Waals surface area contributed by atoms with E-state index in [2.05, 4.69) is 5.10 Å². The predicted molar refractivity (Wildman–Crippen MR) is 81.5 cm³/mol. The molecule has 1 heterocycles. The summed E-state index contributed by atoms with van der Waals surface area (Å²) in [5.41, 5.74) is 2.61. The van der Waals surface area contributed by atoms with Crippen LogP contribution >= 0.6 is 0 Å². The van der Waals surface area contributed by atoms with Crippen molar-refractivity contribution in [1.82, 2.24) is 9.78 Å². The first-order chi connectivity index (χ1) is 10.2. The average molecular weight is 290 g/mol. The summed E-state index contributed by atoms with van der Waals surface area (Å²) in [7, 11) is 0. The fourth-order valence-electron chi connectivity index (χ4n) is 1.83. The second-order valence-electron chi connectivity index (χ2n) is 4.13. The van der Waals surface area contributed by atoms with Gasteiger partial charge in [-0.15, -0.1) is 0 Å². The Hall–Kier alpha value is -2.14. The van der Waals surface area contributed by atoms with E-state index < -0.39 is 5.97 Å². The van der Waals surface area contributed by atoms with Crippen LogP contribution in [-0.2, 0) is 11.3 Å². The molecule has 114 valence electrons. The van der Waals surface area contributed by atoms with Crippen LogP contribution in [0.5, 0.6) is 0 Å². The van der Waals surface area contributed by atoms with Crippen LogP contribution in [-0.4, -0.2) is 27.5 Å². The highest BCUT2D eigenvalue weighted by Crippen LogP contribution is 2.15. The molecule has 0 unspecified atom stereocenters. The Morgan fingerprint density at radius 3 is 2.67 bits per heavy atom. The van der Waals surface area contributed by atoms with E-state index >= 15 is 0 Å². The molecule has 0 saturated carbocycles. The van der Waals surface area contributed by atoms with Crippen molar-refractivity contribution in [1.29, 1.82) is 0 Å². The van der Waals surface area contributed by atoms with Gasteiger partial charge in [0.2, 0.25) is 0 Å². The summed E-state index contributed by atoms with van der Waals surface area (Å²) in [6, 6.07) is 8.92. The summed E-state index contributed by atoms with van der Waals surface area (Å²) in [4.78, 5) is 11.9. The smallest absolute Gasteiger partial charge is 0.357 e. The monoisotopic (exact) mass is 290 g/mol. The number of aryl methyl sites for hydroxylation is 1. The summed E-state index contributed by atoms with van der Waals surface area (Å²) in [6.07, 6.45) is 0. The van der Waals surface area contributed by atoms with Crippen molar-refractivity contribution in [2.75, 3.05) is 6.61 Å². The predicted octanol–water partition coefficient (Wildman–Crippen LogP) is 2.88. The van der Waals surface area contributed by atoms with E-state index in [1.807, 2.05) is 39.0 Å². The van der Waals surface area contributed by atoms with E-state index in [1.54, 1.807) is 19.1 Å². The van der Waals surface area contributed by atoms with E-state index in [-0.39, 0.29) is 6.61 Å². The molecular formula is C16H22N2O3. The van der Waals surface area contributed by atoms with E-state index in [9.17, 15) is 4.79 Å². The lowest BCUT2D eigenvalue weighted by atomic mass is 10.2. The second-order valence-corrected chi connectivity index (χ2v) is 4.13. The van der Waals surface area contributed by atoms with Crippen LogP contribution in [0.2, 0.25) is 0 Å². The van der Waals surface area contributed by atoms with Gasteiger partial charge < -0.3 is 9.84 Å². The number of ether oxygens (including phenoxy) is 1. The number of aliphatic hydroxyl groups excluding tert-OH is 1. The Kier molecular flexibility index (Phi) is 6.62. The molecule has 0 radical (unpaired) electrons. The number of aromatic nitrogens is 2.